The van der Waals surface area contributed by atoms with Gasteiger partial charge in [0.1, 0.15) is 0 Å². The Kier molecular flexibility index (Phi) is 9.02. The largest absolute Gasteiger partial charge is 0.382 e. The molecule has 156 valence electrons. The number of hydrogen-bond donors (Lipinski definition) is 3. The van der Waals surface area contributed by atoms with E-state index < -0.39 is 52.3 Å². The lowest BCUT2D eigenvalue weighted by Gasteiger charge is -2.25. The summed E-state index contributed by atoms with van der Waals surface area (Å²) in [5.74, 6) is -0.549. The summed E-state index contributed by atoms with van der Waals surface area (Å²) in [6, 6.07) is 1.11. The molecule has 0 saturated heterocycles. The summed E-state index contributed by atoms with van der Waals surface area (Å²) in [6.07, 6.45) is -0.724. The summed E-state index contributed by atoms with van der Waals surface area (Å²) in [4.78, 5) is 42.8. The van der Waals surface area contributed by atoms with E-state index >= 15 is 0 Å². The van der Waals surface area contributed by atoms with Crippen molar-refractivity contribution in [2.24, 2.45) is 0 Å². The Morgan fingerprint density at radius 2 is 1.85 bits per heavy atom. The minimum atomic E-state index is -4.72. The number of sulfone groups is 1. The summed E-state index contributed by atoms with van der Waals surface area (Å²) >= 11 is 0. The molecule has 0 fully saturated rings. The van der Waals surface area contributed by atoms with Gasteiger partial charge in [0.15, 0.2) is 21.6 Å². The fraction of sp³-hybridized carbons (Fsp3) is 0.692. The van der Waals surface area contributed by atoms with Crippen LogP contribution in [0.5, 0.6) is 0 Å². The van der Waals surface area contributed by atoms with Gasteiger partial charge >= 0.3 is 13.3 Å². The van der Waals surface area contributed by atoms with Crippen molar-refractivity contribution >= 4 is 17.4 Å². The molecule has 1 rings (SSSR count). The van der Waals surface area contributed by atoms with Crippen molar-refractivity contribution in [3.8, 4) is 0 Å². The van der Waals surface area contributed by atoms with E-state index in [1.807, 2.05) is 0 Å². The summed E-state index contributed by atoms with van der Waals surface area (Å²) < 4.78 is 51.3. The lowest BCUT2D eigenvalue weighted by atomic mass is 10.3. The maximum Gasteiger partial charge on any atom is 0.340 e. The van der Waals surface area contributed by atoms with Crippen molar-refractivity contribution in [1.29, 1.82) is 0 Å². The van der Waals surface area contributed by atoms with E-state index in [0.717, 1.165) is 10.6 Å². The standard InChI is InChI=1S/C13H23N2O10PS/c1-23-7-10(4-6-27(21,22)9-26(18,19)20)25-12(8-24-2)15-5-3-11(16)14-13(15)17/h3,5,10,12H,4,6-9H2,1-2H3,(H,14,16,17)(H2,18,19,20)/t10-,12-/m1/s1. The minimum absolute atomic E-state index is 0.0379. The van der Waals surface area contributed by atoms with Crippen molar-refractivity contribution in [3.63, 3.8) is 0 Å². The monoisotopic (exact) mass is 430 g/mol. The third kappa shape index (κ3) is 8.93. The Morgan fingerprint density at radius 3 is 2.37 bits per heavy atom. The van der Waals surface area contributed by atoms with Gasteiger partial charge in [0.25, 0.3) is 5.56 Å². The number of H-pyrrole nitrogens is 1. The second-order valence-corrected chi connectivity index (χ2v) is 9.93. The number of rotatable bonds is 12. The second-order valence-electron chi connectivity index (χ2n) is 5.67. The van der Waals surface area contributed by atoms with E-state index in [2.05, 4.69) is 4.98 Å². The number of methoxy groups -OCH3 is 2. The molecule has 0 aliphatic heterocycles. The molecule has 2 atom stereocenters. The summed E-state index contributed by atoms with van der Waals surface area (Å²) in [7, 11) is -6.02. The minimum Gasteiger partial charge on any atom is -0.382 e. The van der Waals surface area contributed by atoms with Crippen LogP contribution in [0.1, 0.15) is 12.6 Å². The quantitative estimate of drug-likeness (QED) is 0.336. The molecule has 14 heteroatoms. The van der Waals surface area contributed by atoms with Crippen LogP contribution in [0.2, 0.25) is 0 Å². The molecule has 0 aliphatic carbocycles. The van der Waals surface area contributed by atoms with E-state index in [1.165, 1.54) is 20.4 Å². The van der Waals surface area contributed by atoms with E-state index in [1.54, 1.807) is 0 Å². The van der Waals surface area contributed by atoms with E-state index in [0.29, 0.717) is 0 Å². The molecule has 1 aromatic rings. The van der Waals surface area contributed by atoms with Crippen LogP contribution < -0.4 is 11.2 Å². The van der Waals surface area contributed by atoms with Crippen LogP contribution >= 0.6 is 7.60 Å². The van der Waals surface area contributed by atoms with Crippen molar-refractivity contribution in [2.75, 3.05) is 38.7 Å². The molecule has 0 bridgehead atoms. The first-order valence-electron chi connectivity index (χ1n) is 7.67. The van der Waals surface area contributed by atoms with Crippen LogP contribution in [0.15, 0.2) is 21.9 Å². The Labute approximate surface area is 155 Å². The highest BCUT2D eigenvalue weighted by molar-refractivity contribution is 7.97. The first-order chi connectivity index (χ1) is 12.5. The maximum absolute atomic E-state index is 11.9. The molecular weight excluding hydrogens is 407 g/mol. The van der Waals surface area contributed by atoms with Crippen LogP contribution in [0.4, 0.5) is 0 Å². The molecule has 27 heavy (non-hydrogen) atoms. The zero-order chi connectivity index (χ0) is 20.7. The number of aromatic amines is 1. The number of ether oxygens (including phenoxy) is 3. The van der Waals surface area contributed by atoms with Gasteiger partial charge in [-0.3, -0.25) is 18.9 Å². The van der Waals surface area contributed by atoms with Crippen molar-refractivity contribution in [1.82, 2.24) is 9.55 Å². The van der Waals surface area contributed by atoms with Gasteiger partial charge in [0, 0.05) is 26.5 Å². The van der Waals surface area contributed by atoms with E-state index in [9.17, 15) is 22.6 Å². The molecule has 1 aromatic heterocycles. The van der Waals surface area contributed by atoms with Crippen molar-refractivity contribution in [2.45, 2.75) is 18.8 Å². The molecule has 0 saturated carbocycles. The third-order valence-corrected chi connectivity index (χ3v) is 7.07. The summed E-state index contributed by atoms with van der Waals surface area (Å²) in [5.41, 5.74) is -2.60. The molecule has 1 heterocycles. The Bertz CT molecular complexity index is 858. The molecule has 0 amide bonds. The molecule has 0 aromatic carbocycles. The van der Waals surface area contributed by atoms with Crippen LogP contribution in [-0.2, 0) is 28.6 Å². The Balaban J connectivity index is 2.92. The van der Waals surface area contributed by atoms with Gasteiger partial charge in [-0.1, -0.05) is 0 Å². The van der Waals surface area contributed by atoms with Crippen molar-refractivity contribution < 1.29 is 37.0 Å². The third-order valence-electron chi connectivity index (χ3n) is 3.29. The second kappa shape index (κ2) is 10.3. The number of nitrogens with one attached hydrogen (secondary N) is 1. The molecule has 12 nitrogen and oxygen atoms in total. The van der Waals surface area contributed by atoms with Gasteiger partial charge in [-0.25, -0.2) is 13.2 Å². The number of hydrogen-bond acceptors (Lipinski definition) is 8. The Morgan fingerprint density at radius 1 is 1.22 bits per heavy atom. The van der Waals surface area contributed by atoms with Gasteiger partial charge in [-0.15, -0.1) is 0 Å². The fourth-order valence-electron chi connectivity index (χ4n) is 2.21. The molecule has 0 radical (unpaired) electrons. The van der Waals surface area contributed by atoms with Crippen molar-refractivity contribution in [3.05, 3.63) is 33.1 Å². The molecule has 0 aliphatic rings. The van der Waals surface area contributed by atoms with Gasteiger partial charge in [0.2, 0.25) is 0 Å². The van der Waals surface area contributed by atoms with Crippen LogP contribution in [0.25, 0.3) is 0 Å². The molecule has 3 N–H and O–H groups in total. The fourth-order valence-corrected chi connectivity index (χ4v) is 5.40. The van der Waals surface area contributed by atoms with Crippen LogP contribution in [0, 0.1) is 0 Å². The topological polar surface area (TPSA) is 174 Å². The molecule has 0 unspecified atom stereocenters. The average molecular weight is 430 g/mol. The molecular formula is C13H23N2O10PS. The normalized spacial score (nSPS) is 14.8. The number of nitrogens with zero attached hydrogens (tertiary/aromatic N) is 1. The highest BCUT2D eigenvalue weighted by atomic mass is 32.2. The highest BCUT2D eigenvalue weighted by Gasteiger charge is 2.27. The smallest absolute Gasteiger partial charge is 0.340 e. The predicted octanol–water partition coefficient (Wildman–Crippen LogP) is -1.35. The zero-order valence-electron chi connectivity index (χ0n) is 14.8. The maximum atomic E-state index is 11.9. The van der Waals surface area contributed by atoms with E-state index in [4.69, 9.17) is 24.0 Å². The molecule has 0 spiro atoms. The van der Waals surface area contributed by atoms with Gasteiger partial charge < -0.3 is 24.0 Å². The van der Waals surface area contributed by atoms with Gasteiger partial charge in [-0.2, -0.15) is 0 Å². The van der Waals surface area contributed by atoms with Gasteiger partial charge in [0.05, 0.1) is 25.1 Å². The zero-order valence-corrected chi connectivity index (χ0v) is 16.5. The predicted molar refractivity (Wildman–Crippen MR) is 94.3 cm³/mol. The lowest BCUT2D eigenvalue weighted by molar-refractivity contribution is -0.110. The van der Waals surface area contributed by atoms with Crippen LogP contribution in [0.3, 0.4) is 0 Å². The highest BCUT2D eigenvalue weighted by Crippen LogP contribution is 2.36. The lowest BCUT2D eigenvalue weighted by Crippen LogP contribution is -2.37. The number of aromatic nitrogens is 2. The first kappa shape index (κ1) is 23.7. The Hall–Kier alpha value is -1.34. The SMILES string of the molecule is COC[C@@H](CCS(=O)(=O)CP(=O)(O)O)O[C@H](COC)n1ccc(=O)[nH]c1=O. The average Bonchev–Trinajstić information content (AvgIpc) is 2.50. The summed E-state index contributed by atoms with van der Waals surface area (Å²) in [6.45, 7) is -0.120. The first-order valence-corrected chi connectivity index (χ1v) is 11.3. The van der Waals surface area contributed by atoms with E-state index in [-0.39, 0.29) is 19.6 Å². The van der Waals surface area contributed by atoms with Crippen LogP contribution in [-0.4, -0.2) is 72.5 Å². The van der Waals surface area contributed by atoms with Gasteiger partial charge in [-0.05, 0) is 6.42 Å². The summed E-state index contributed by atoms with van der Waals surface area (Å²) in [5, 5.41) is 0.